The van der Waals surface area contributed by atoms with E-state index in [0.717, 1.165) is 19.0 Å². The highest BCUT2D eigenvalue weighted by molar-refractivity contribution is 5.78. The van der Waals surface area contributed by atoms with Gasteiger partial charge < -0.3 is 15.3 Å². The van der Waals surface area contributed by atoms with E-state index in [2.05, 4.69) is 24.1 Å². The molecule has 3 unspecified atom stereocenters. The van der Waals surface area contributed by atoms with Crippen LogP contribution in [0.5, 0.6) is 0 Å². The van der Waals surface area contributed by atoms with Gasteiger partial charge in [-0.2, -0.15) is 0 Å². The first-order valence-electron chi connectivity index (χ1n) is 7.65. The molecular weight excluding hydrogens is 240 g/mol. The summed E-state index contributed by atoms with van der Waals surface area (Å²) in [5, 5.41) is 12.6. The standard InChI is InChI=1S/C15H30N2O2/c1-5-13-8-7-9-17(11-13)12(3)10-15(4,14(18)19)16-6-2/h12-13,16H,5-11H2,1-4H3,(H,18,19). The number of carbonyl (C=O) groups is 1. The Bertz CT molecular complexity index is 296. The SMILES string of the molecule is CCNC(C)(CC(C)N1CCCC(CC)C1)C(=O)O. The average molecular weight is 270 g/mol. The second kappa shape index (κ2) is 7.25. The Hall–Kier alpha value is -0.610. The van der Waals surface area contributed by atoms with E-state index in [9.17, 15) is 9.90 Å². The number of hydrogen-bond acceptors (Lipinski definition) is 3. The molecule has 3 atom stereocenters. The molecule has 0 aromatic heterocycles. The molecule has 0 saturated carbocycles. The maximum absolute atomic E-state index is 11.5. The molecule has 1 saturated heterocycles. The van der Waals surface area contributed by atoms with E-state index >= 15 is 0 Å². The second-order valence-corrected chi connectivity index (χ2v) is 6.13. The van der Waals surface area contributed by atoms with Crippen molar-refractivity contribution in [2.75, 3.05) is 19.6 Å². The highest BCUT2D eigenvalue weighted by Crippen LogP contribution is 2.24. The molecule has 4 nitrogen and oxygen atoms in total. The highest BCUT2D eigenvalue weighted by Gasteiger charge is 2.36. The van der Waals surface area contributed by atoms with Crippen molar-refractivity contribution < 1.29 is 9.90 Å². The molecule has 0 radical (unpaired) electrons. The van der Waals surface area contributed by atoms with E-state index in [1.54, 1.807) is 6.92 Å². The minimum atomic E-state index is -0.812. The molecule has 0 aliphatic carbocycles. The van der Waals surface area contributed by atoms with Crippen LogP contribution >= 0.6 is 0 Å². The van der Waals surface area contributed by atoms with Crippen molar-refractivity contribution >= 4 is 5.97 Å². The zero-order valence-electron chi connectivity index (χ0n) is 12.9. The fourth-order valence-corrected chi connectivity index (χ4v) is 3.18. The lowest BCUT2D eigenvalue weighted by molar-refractivity contribution is -0.145. The molecule has 4 heteroatoms. The van der Waals surface area contributed by atoms with Crippen molar-refractivity contribution in [2.24, 2.45) is 5.92 Å². The van der Waals surface area contributed by atoms with Gasteiger partial charge in [0.2, 0.25) is 0 Å². The van der Waals surface area contributed by atoms with Gasteiger partial charge >= 0.3 is 5.97 Å². The van der Waals surface area contributed by atoms with Gasteiger partial charge in [0, 0.05) is 12.6 Å². The summed E-state index contributed by atoms with van der Waals surface area (Å²) < 4.78 is 0. The first-order valence-corrected chi connectivity index (χ1v) is 7.65. The summed E-state index contributed by atoms with van der Waals surface area (Å²) in [7, 11) is 0. The van der Waals surface area contributed by atoms with E-state index in [-0.39, 0.29) is 0 Å². The number of likely N-dealkylation sites (tertiary alicyclic amines) is 1. The number of rotatable bonds is 7. The van der Waals surface area contributed by atoms with Crippen LogP contribution in [0.15, 0.2) is 0 Å². The monoisotopic (exact) mass is 270 g/mol. The second-order valence-electron chi connectivity index (χ2n) is 6.13. The van der Waals surface area contributed by atoms with E-state index in [0.29, 0.717) is 19.0 Å². The summed E-state index contributed by atoms with van der Waals surface area (Å²) in [5.74, 6) is 0.0386. The predicted octanol–water partition coefficient (Wildman–Crippen LogP) is 2.34. The summed E-state index contributed by atoms with van der Waals surface area (Å²) in [5.41, 5.74) is -0.812. The summed E-state index contributed by atoms with van der Waals surface area (Å²) in [6.07, 6.45) is 4.45. The van der Waals surface area contributed by atoms with Crippen LogP contribution in [-0.4, -0.2) is 47.2 Å². The van der Waals surface area contributed by atoms with Crippen LogP contribution < -0.4 is 5.32 Å². The predicted molar refractivity (Wildman–Crippen MR) is 78.4 cm³/mol. The first kappa shape index (κ1) is 16.4. The van der Waals surface area contributed by atoms with E-state index < -0.39 is 11.5 Å². The number of hydrogen-bond donors (Lipinski definition) is 2. The summed E-state index contributed by atoms with van der Waals surface area (Å²) >= 11 is 0. The zero-order valence-corrected chi connectivity index (χ0v) is 12.9. The molecule has 0 bridgehead atoms. The Morgan fingerprint density at radius 2 is 2.21 bits per heavy atom. The van der Waals surface area contributed by atoms with Crippen LogP contribution in [-0.2, 0) is 4.79 Å². The highest BCUT2D eigenvalue weighted by atomic mass is 16.4. The summed E-state index contributed by atoms with van der Waals surface area (Å²) in [6, 6.07) is 0.314. The van der Waals surface area contributed by atoms with Gasteiger partial charge in [0.1, 0.15) is 5.54 Å². The van der Waals surface area contributed by atoms with Crippen molar-refractivity contribution in [3.8, 4) is 0 Å². The topological polar surface area (TPSA) is 52.6 Å². The van der Waals surface area contributed by atoms with E-state index in [1.165, 1.54) is 19.3 Å². The molecule has 1 heterocycles. The van der Waals surface area contributed by atoms with Crippen LogP contribution in [0.4, 0.5) is 0 Å². The average Bonchev–Trinajstić information content (AvgIpc) is 2.38. The maximum atomic E-state index is 11.5. The molecule has 19 heavy (non-hydrogen) atoms. The van der Waals surface area contributed by atoms with Crippen molar-refractivity contribution in [1.29, 1.82) is 0 Å². The van der Waals surface area contributed by atoms with Gasteiger partial charge in [-0.25, -0.2) is 0 Å². The van der Waals surface area contributed by atoms with Crippen LogP contribution in [0.3, 0.4) is 0 Å². The molecule has 2 N–H and O–H groups in total. The van der Waals surface area contributed by atoms with Gasteiger partial charge in [-0.15, -0.1) is 0 Å². The summed E-state index contributed by atoms with van der Waals surface area (Å²) in [4.78, 5) is 13.9. The van der Waals surface area contributed by atoms with Gasteiger partial charge in [0.25, 0.3) is 0 Å². The molecule has 0 amide bonds. The van der Waals surface area contributed by atoms with Crippen molar-refractivity contribution in [1.82, 2.24) is 10.2 Å². The number of piperidine rings is 1. The Morgan fingerprint density at radius 1 is 1.53 bits per heavy atom. The normalized spacial score (nSPS) is 25.8. The fraction of sp³-hybridized carbons (Fsp3) is 0.933. The molecule has 0 spiro atoms. The Kier molecular flexibility index (Phi) is 6.27. The third kappa shape index (κ3) is 4.46. The van der Waals surface area contributed by atoms with Crippen molar-refractivity contribution in [3.63, 3.8) is 0 Å². The third-order valence-corrected chi connectivity index (χ3v) is 4.49. The largest absolute Gasteiger partial charge is 0.480 e. The molecule has 0 aromatic carbocycles. The quantitative estimate of drug-likeness (QED) is 0.745. The van der Waals surface area contributed by atoms with E-state index in [4.69, 9.17) is 0 Å². The van der Waals surface area contributed by atoms with Crippen LogP contribution in [0.1, 0.15) is 53.4 Å². The minimum Gasteiger partial charge on any atom is -0.480 e. The lowest BCUT2D eigenvalue weighted by atomic mass is 9.89. The smallest absolute Gasteiger partial charge is 0.323 e. The Labute approximate surface area is 117 Å². The van der Waals surface area contributed by atoms with Gasteiger partial charge in [0.15, 0.2) is 0 Å². The Balaban J connectivity index is 2.61. The first-order chi connectivity index (χ1) is 8.92. The number of nitrogens with one attached hydrogen (secondary N) is 1. The van der Waals surface area contributed by atoms with Gasteiger partial charge in [-0.05, 0) is 52.1 Å². The number of nitrogens with zero attached hydrogens (tertiary/aromatic N) is 1. The molecule has 1 aliphatic heterocycles. The van der Waals surface area contributed by atoms with Crippen LogP contribution in [0, 0.1) is 5.92 Å². The fourth-order valence-electron chi connectivity index (χ4n) is 3.18. The zero-order chi connectivity index (χ0) is 14.5. The van der Waals surface area contributed by atoms with Crippen molar-refractivity contribution in [2.45, 2.75) is 65.0 Å². The molecule has 0 aromatic rings. The molecule has 1 aliphatic rings. The van der Waals surface area contributed by atoms with Crippen LogP contribution in [0.2, 0.25) is 0 Å². The maximum Gasteiger partial charge on any atom is 0.323 e. The van der Waals surface area contributed by atoms with E-state index in [1.807, 2.05) is 6.92 Å². The number of carboxylic acids is 1. The Morgan fingerprint density at radius 3 is 2.74 bits per heavy atom. The third-order valence-electron chi connectivity index (χ3n) is 4.49. The molecular formula is C15H30N2O2. The lowest BCUT2D eigenvalue weighted by Gasteiger charge is -2.39. The van der Waals surface area contributed by atoms with Gasteiger partial charge in [-0.3, -0.25) is 4.79 Å². The lowest BCUT2D eigenvalue weighted by Crippen LogP contribution is -2.54. The number of carboxylic acid groups (broad SMARTS) is 1. The molecule has 1 fully saturated rings. The molecule has 112 valence electrons. The number of likely N-dealkylation sites (N-methyl/N-ethyl adjacent to an activating group) is 1. The van der Waals surface area contributed by atoms with Crippen LogP contribution in [0.25, 0.3) is 0 Å². The summed E-state index contributed by atoms with van der Waals surface area (Å²) in [6.45, 7) is 11.1. The number of aliphatic carboxylic acids is 1. The molecule has 1 rings (SSSR count). The van der Waals surface area contributed by atoms with Crippen molar-refractivity contribution in [3.05, 3.63) is 0 Å². The van der Waals surface area contributed by atoms with Gasteiger partial charge in [0.05, 0.1) is 0 Å². The minimum absolute atomic E-state index is 0.314. The van der Waals surface area contributed by atoms with Gasteiger partial charge in [-0.1, -0.05) is 20.3 Å².